The second kappa shape index (κ2) is 4.16. The van der Waals surface area contributed by atoms with Gasteiger partial charge in [-0.1, -0.05) is 0 Å². The normalized spacial score (nSPS) is 12.3. The van der Waals surface area contributed by atoms with Crippen LogP contribution in [0.3, 0.4) is 0 Å². The quantitative estimate of drug-likeness (QED) is 0.581. The minimum absolute atomic E-state index is 0.148. The minimum Gasteiger partial charge on any atom is -0.270 e. The van der Waals surface area contributed by atoms with Gasteiger partial charge in [0.05, 0.1) is 4.92 Å². The van der Waals surface area contributed by atoms with Gasteiger partial charge < -0.3 is 0 Å². The maximum absolute atomic E-state index is 11.9. The number of nitrogens with zero attached hydrogens (tertiary/aromatic N) is 5. The Hall–Kier alpha value is -2.51. The topological polar surface area (TPSA) is 95.8 Å². The summed E-state index contributed by atoms with van der Waals surface area (Å²) in [7, 11) is 0. The molecule has 0 spiro atoms. The van der Waals surface area contributed by atoms with E-state index in [9.17, 15) is 14.9 Å². The lowest BCUT2D eigenvalue weighted by atomic mass is 10.3. The Morgan fingerprint density at radius 2 is 2.29 bits per heavy atom. The zero-order valence-corrected chi connectivity index (χ0v) is 8.92. The highest BCUT2D eigenvalue weighted by Gasteiger charge is 2.20. The maximum Gasteiger partial charge on any atom is 0.307 e. The van der Waals surface area contributed by atoms with Crippen LogP contribution in [0.25, 0.3) is 0 Å². The third-order valence-corrected chi connectivity index (χ3v) is 2.28. The Balaban J connectivity index is 2.22. The fourth-order valence-corrected chi connectivity index (χ4v) is 1.34. The van der Waals surface area contributed by atoms with Crippen molar-refractivity contribution in [2.75, 3.05) is 0 Å². The molecule has 0 saturated carbocycles. The summed E-state index contributed by atoms with van der Waals surface area (Å²) in [6.07, 6.45) is 5.31. The van der Waals surface area contributed by atoms with Gasteiger partial charge in [-0.15, -0.1) is 0 Å². The number of hydrogen-bond donors (Lipinski definition) is 0. The highest BCUT2D eigenvalue weighted by molar-refractivity contribution is 5.81. The number of carbonyl (C=O) groups excluding carboxylic acids is 1. The van der Waals surface area contributed by atoms with Gasteiger partial charge in [0, 0.05) is 12.4 Å². The first kappa shape index (κ1) is 11.0. The monoisotopic (exact) mass is 235 g/mol. The van der Waals surface area contributed by atoms with Gasteiger partial charge in [0.25, 0.3) is 5.91 Å². The predicted molar refractivity (Wildman–Crippen MR) is 56.4 cm³/mol. The van der Waals surface area contributed by atoms with E-state index in [1.54, 1.807) is 13.0 Å². The fraction of sp³-hybridized carbons (Fsp3) is 0.222. The summed E-state index contributed by atoms with van der Waals surface area (Å²) in [5.74, 6) is -0.312. The van der Waals surface area contributed by atoms with E-state index in [0.717, 1.165) is 10.9 Å². The zero-order valence-electron chi connectivity index (χ0n) is 8.92. The van der Waals surface area contributed by atoms with Gasteiger partial charge in [0.2, 0.25) is 0 Å². The summed E-state index contributed by atoms with van der Waals surface area (Å²) in [6, 6.07) is 0.972. The molecule has 2 heterocycles. The number of hydrogen-bond acceptors (Lipinski definition) is 5. The second-order valence-corrected chi connectivity index (χ2v) is 3.40. The number of rotatable bonds is 3. The summed E-state index contributed by atoms with van der Waals surface area (Å²) < 4.78 is 2.40. The van der Waals surface area contributed by atoms with Gasteiger partial charge in [-0.25, -0.2) is 4.68 Å². The molecule has 0 unspecified atom stereocenters. The van der Waals surface area contributed by atoms with Gasteiger partial charge in [-0.05, 0) is 13.0 Å². The predicted octanol–water partition coefficient (Wildman–Crippen LogP) is 0.889. The van der Waals surface area contributed by atoms with Crippen molar-refractivity contribution in [3.63, 3.8) is 0 Å². The van der Waals surface area contributed by atoms with Crippen LogP contribution in [-0.2, 0) is 0 Å². The second-order valence-electron chi connectivity index (χ2n) is 3.40. The van der Waals surface area contributed by atoms with Crippen molar-refractivity contribution < 1.29 is 9.72 Å². The van der Waals surface area contributed by atoms with Crippen LogP contribution in [-0.4, -0.2) is 30.4 Å². The van der Waals surface area contributed by atoms with E-state index in [1.807, 2.05) is 0 Å². The summed E-state index contributed by atoms with van der Waals surface area (Å²) in [5.41, 5.74) is -0.148. The van der Waals surface area contributed by atoms with Crippen molar-refractivity contribution in [1.29, 1.82) is 0 Å². The highest BCUT2D eigenvalue weighted by atomic mass is 16.6. The molecule has 8 nitrogen and oxygen atoms in total. The van der Waals surface area contributed by atoms with Crippen LogP contribution in [0, 0.1) is 10.1 Å². The molecule has 0 radical (unpaired) electrons. The molecule has 1 atom stereocenters. The molecule has 8 heteroatoms. The Kier molecular flexibility index (Phi) is 2.69. The van der Waals surface area contributed by atoms with Crippen LogP contribution >= 0.6 is 0 Å². The van der Waals surface area contributed by atoms with Crippen LogP contribution in [0.1, 0.15) is 17.8 Å². The molecule has 2 aromatic rings. The van der Waals surface area contributed by atoms with Crippen molar-refractivity contribution in [2.45, 2.75) is 13.0 Å². The number of nitro groups is 1. The van der Waals surface area contributed by atoms with Gasteiger partial charge in [-0.2, -0.15) is 10.2 Å². The fourth-order valence-electron chi connectivity index (χ4n) is 1.34. The van der Waals surface area contributed by atoms with E-state index in [0.29, 0.717) is 0 Å². The lowest BCUT2D eigenvalue weighted by Gasteiger charge is -2.09. The van der Waals surface area contributed by atoms with E-state index < -0.39 is 11.0 Å². The van der Waals surface area contributed by atoms with Gasteiger partial charge in [0.1, 0.15) is 18.4 Å². The van der Waals surface area contributed by atoms with Crippen LogP contribution in [0.2, 0.25) is 0 Å². The smallest absolute Gasteiger partial charge is 0.270 e. The van der Waals surface area contributed by atoms with Gasteiger partial charge >= 0.3 is 5.69 Å². The summed E-state index contributed by atoms with van der Waals surface area (Å²) in [6.45, 7) is 1.60. The van der Waals surface area contributed by atoms with Crippen molar-refractivity contribution >= 4 is 11.6 Å². The van der Waals surface area contributed by atoms with E-state index >= 15 is 0 Å². The van der Waals surface area contributed by atoms with Crippen LogP contribution < -0.4 is 0 Å². The number of carbonyl (C=O) groups is 1. The molecule has 2 aromatic heterocycles. The molecule has 0 aromatic carbocycles. The maximum atomic E-state index is 11.9. The molecular formula is C9H9N5O3. The van der Waals surface area contributed by atoms with E-state index in [4.69, 9.17) is 0 Å². The van der Waals surface area contributed by atoms with E-state index in [-0.39, 0.29) is 11.6 Å². The minimum atomic E-state index is -0.649. The summed E-state index contributed by atoms with van der Waals surface area (Å²) in [4.78, 5) is 21.8. The molecule has 0 aliphatic carbocycles. The Bertz CT molecular complexity index is 545. The summed E-state index contributed by atoms with van der Waals surface area (Å²) >= 11 is 0. The van der Waals surface area contributed by atoms with E-state index in [2.05, 4.69) is 10.2 Å². The van der Waals surface area contributed by atoms with Crippen LogP contribution in [0.5, 0.6) is 0 Å². The van der Waals surface area contributed by atoms with Gasteiger partial charge in [0.15, 0.2) is 0 Å². The van der Waals surface area contributed by atoms with Crippen LogP contribution in [0.4, 0.5) is 5.69 Å². The zero-order chi connectivity index (χ0) is 12.4. The SMILES string of the molecule is C[C@H](C(=O)n1cccn1)n1cc([N+](=O)[O-])cn1. The lowest BCUT2D eigenvalue weighted by Crippen LogP contribution is -2.23. The third-order valence-electron chi connectivity index (χ3n) is 2.28. The molecule has 0 amide bonds. The van der Waals surface area contributed by atoms with Gasteiger partial charge in [-0.3, -0.25) is 19.6 Å². The Morgan fingerprint density at radius 1 is 1.53 bits per heavy atom. The van der Waals surface area contributed by atoms with E-state index in [1.165, 1.54) is 23.3 Å². The first-order chi connectivity index (χ1) is 8.09. The standard InChI is InChI=1S/C9H9N5O3/c1-7(9(15)12-4-2-3-10-12)13-6-8(5-11-13)14(16)17/h2-7H,1H3/t7-/m1/s1. The molecule has 88 valence electrons. The van der Waals surface area contributed by atoms with Crippen LogP contribution in [0.15, 0.2) is 30.9 Å². The molecule has 17 heavy (non-hydrogen) atoms. The van der Waals surface area contributed by atoms with Crippen molar-refractivity contribution in [2.24, 2.45) is 0 Å². The van der Waals surface area contributed by atoms with Crippen molar-refractivity contribution in [1.82, 2.24) is 19.6 Å². The molecule has 0 saturated heterocycles. The average molecular weight is 235 g/mol. The lowest BCUT2D eigenvalue weighted by molar-refractivity contribution is -0.385. The molecule has 0 fully saturated rings. The molecule has 0 aliphatic rings. The number of aromatic nitrogens is 4. The first-order valence-corrected chi connectivity index (χ1v) is 4.82. The third kappa shape index (κ3) is 2.05. The molecular weight excluding hydrogens is 226 g/mol. The van der Waals surface area contributed by atoms with Crippen molar-refractivity contribution in [3.8, 4) is 0 Å². The average Bonchev–Trinajstić information content (AvgIpc) is 2.97. The molecule has 0 aliphatic heterocycles. The highest BCUT2D eigenvalue weighted by Crippen LogP contribution is 2.13. The Labute approximate surface area is 95.6 Å². The van der Waals surface area contributed by atoms with Crippen molar-refractivity contribution in [3.05, 3.63) is 41.0 Å². The summed E-state index contributed by atoms with van der Waals surface area (Å²) in [5, 5.41) is 18.1. The molecule has 0 N–H and O–H groups in total. The largest absolute Gasteiger partial charge is 0.307 e. The molecule has 0 bridgehead atoms. The molecule has 2 rings (SSSR count). The Morgan fingerprint density at radius 3 is 2.82 bits per heavy atom. The first-order valence-electron chi connectivity index (χ1n) is 4.82.